The Balaban J connectivity index is 1.51. The van der Waals surface area contributed by atoms with Crippen LogP contribution in [0.3, 0.4) is 0 Å². The lowest BCUT2D eigenvalue weighted by Gasteiger charge is -2.29. The molecule has 0 saturated heterocycles. The van der Waals surface area contributed by atoms with E-state index in [2.05, 4.69) is 25.5 Å². The van der Waals surface area contributed by atoms with Gasteiger partial charge in [0.25, 0.3) is 5.91 Å². The molecule has 0 aromatic carbocycles. The fraction of sp³-hybridized carbons (Fsp3) is 0.391. The summed E-state index contributed by atoms with van der Waals surface area (Å²) >= 11 is 0. The number of carbonyl (C=O) groups excluding carboxylic acids is 2. The van der Waals surface area contributed by atoms with E-state index in [1.807, 2.05) is 42.4 Å². The molecule has 4 heterocycles. The van der Waals surface area contributed by atoms with Gasteiger partial charge in [0.05, 0.1) is 0 Å². The SMILES string of the molecule is CCCC(=O)N1CCc2cnc(C(=O)Nc3cccc(-c4nncn4C(C)C)n3)cc2C1. The zero-order chi connectivity index (χ0) is 22.7. The number of pyridine rings is 2. The Bertz CT molecular complexity index is 1140. The molecule has 32 heavy (non-hydrogen) atoms. The summed E-state index contributed by atoms with van der Waals surface area (Å²) in [5.74, 6) is 0.848. The van der Waals surface area contributed by atoms with Gasteiger partial charge >= 0.3 is 0 Å². The summed E-state index contributed by atoms with van der Waals surface area (Å²) in [5.41, 5.74) is 2.96. The second-order valence-electron chi connectivity index (χ2n) is 8.17. The van der Waals surface area contributed by atoms with E-state index in [-0.39, 0.29) is 17.9 Å². The highest BCUT2D eigenvalue weighted by Crippen LogP contribution is 2.22. The average molecular weight is 434 g/mol. The first-order valence-corrected chi connectivity index (χ1v) is 10.9. The van der Waals surface area contributed by atoms with Crippen molar-refractivity contribution in [3.63, 3.8) is 0 Å². The molecule has 3 aromatic heterocycles. The molecule has 1 aliphatic rings. The highest BCUT2D eigenvalue weighted by Gasteiger charge is 2.22. The number of rotatable bonds is 6. The number of fused-ring (bicyclic) bond motifs is 1. The molecular formula is C23H27N7O2. The molecule has 0 radical (unpaired) electrons. The largest absolute Gasteiger partial charge is 0.338 e. The third-order valence-corrected chi connectivity index (χ3v) is 5.49. The van der Waals surface area contributed by atoms with E-state index in [1.54, 1.807) is 24.7 Å². The summed E-state index contributed by atoms with van der Waals surface area (Å²) in [6.45, 7) is 7.28. The molecule has 9 heteroatoms. The van der Waals surface area contributed by atoms with Crippen LogP contribution in [0.1, 0.15) is 61.3 Å². The molecule has 9 nitrogen and oxygen atoms in total. The third-order valence-electron chi connectivity index (χ3n) is 5.49. The monoisotopic (exact) mass is 433 g/mol. The fourth-order valence-corrected chi connectivity index (χ4v) is 3.76. The molecule has 1 N–H and O–H groups in total. The second-order valence-corrected chi connectivity index (χ2v) is 8.17. The molecule has 3 aromatic rings. The number of hydrogen-bond acceptors (Lipinski definition) is 6. The van der Waals surface area contributed by atoms with Gasteiger partial charge < -0.3 is 14.8 Å². The lowest BCUT2D eigenvalue weighted by atomic mass is 10.0. The van der Waals surface area contributed by atoms with E-state index in [9.17, 15) is 9.59 Å². The van der Waals surface area contributed by atoms with Crippen molar-refractivity contribution in [2.75, 3.05) is 11.9 Å². The minimum Gasteiger partial charge on any atom is -0.338 e. The maximum Gasteiger partial charge on any atom is 0.275 e. The van der Waals surface area contributed by atoms with Crippen molar-refractivity contribution in [1.29, 1.82) is 0 Å². The fourth-order valence-electron chi connectivity index (χ4n) is 3.76. The number of carbonyl (C=O) groups is 2. The van der Waals surface area contributed by atoms with Crippen LogP contribution in [-0.2, 0) is 17.8 Å². The van der Waals surface area contributed by atoms with Gasteiger partial charge in [0.15, 0.2) is 5.82 Å². The normalized spacial score (nSPS) is 13.2. The van der Waals surface area contributed by atoms with Crippen LogP contribution in [0.2, 0.25) is 0 Å². The summed E-state index contributed by atoms with van der Waals surface area (Å²) in [6, 6.07) is 7.33. The van der Waals surface area contributed by atoms with Crippen LogP contribution in [0.25, 0.3) is 11.5 Å². The molecule has 0 atom stereocenters. The van der Waals surface area contributed by atoms with Crippen molar-refractivity contribution in [1.82, 2.24) is 29.6 Å². The Labute approximate surface area is 186 Å². The molecule has 2 amide bonds. The van der Waals surface area contributed by atoms with Crippen molar-refractivity contribution in [3.8, 4) is 11.5 Å². The summed E-state index contributed by atoms with van der Waals surface area (Å²) in [5, 5.41) is 11.0. The van der Waals surface area contributed by atoms with Crippen LogP contribution in [0, 0.1) is 0 Å². The van der Waals surface area contributed by atoms with Gasteiger partial charge in [-0.25, -0.2) is 4.98 Å². The molecule has 0 fully saturated rings. The predicted octanol–water partition coefficient (Wildman–Crippen LogP) is 3.25. The topological polar surface area (TPSA) is 106 Å². The van der Waals surface area contributed by atoms with Gasteiger partial charge in [0.2, 0.25) is 5.91 Å². The molecule has 4 rings (SSSR count). The molecular weight excluding hydrogens is 406 g/mol. The van der Waals surface area contributed by atoms with Gasteiger partial charge in [0, 0.05) is 31.7 Å². The second kappa shape index (κ2) is 9.25. The van der Waals surface area contributed by atoms with E-state index in [4.69, 9.17) is 0 Å². The number of hydrogen-bond donors (Lipinski definition) is 1. The van der Waals surface area contributed by atoms with E-state index < -0.39 is 0 Å². The van der Waals surface area contributed by atoms with Crippen molar-refractivity contribution in [3.05, 3.63) is 53.6 Å². The summed E-state index contributed by atoms with van der Waals surface area (Å²) in [4.78, 5) is 35.9. The van der Waals surface area contributed by atoms with E-state index in [1.165, 1.54) is 0 Å². The van der Waals surface area contributed by atoms with Crippen LogP contribution in [0.15, 0.2) is 36.8 Å². The molecule has 0 aliphatic carbocycles. The van der Waals surface area contributed by atoms with Gasteiger partial charge in [-0.15, -0.1) is 10.2 Å². The molecule has 0 unspecified atom stereocenters. The smallest absolute Gasteiger partial charge is 0.275 e. The van der Waals surface area contributed by atoms with Gasteiger partial charge in [-0.05, 0) is 56.0 Å². The van der Waals surface area contributed by atoms with Crippen molar-refractivity contribution in [2.24, 2.45) is 0 Å². The Kier molecular flexibility index (Phi) is 6.25. The first kappa shape index (κ1) is 21.6. The first-order chi connectivity index (χ1) is 15.5. The van der Waals surface area contributed by atoms with E-state index >= 15 is 0 Å². The van der Waals surface area contributed by atoms with Crippen LogP contribution < -0.4 is 5.32 Å². The average Bonchev–Trinajstić information content (AvgIpc) is 3.29. The lowest BCUT2D eigenvalue weighted by molar-refractivity contribution is -0.132. The van der Waals surface area contributed by atoms with Crippen LogP contribution in [0.4, 0.5) is 5.82 Å². The molecule has 0 spiro atoms. The zero-order valence-electron chi connectivity index (χ0n) is 18.6. The molecule has 0 bridgehead atoms. The third kappa shape index (κ3) is 4.51. The number of amides is 2. The number of nitrogens with one attached hydrogen (secondary N) is 1. The maximum atomic E-state index is 12.9. The number of aromatic nitrogens is 5. The summed E-state index contributed by atoms with van der Waals surface area (Å²) in [6.07, 6.45) is 5.52. The van der Waals surface area contributed by atoms with Crippen molar-refractivity contribution >= 4 is 17.6 Å². The van der Waals surface area contributed by atoms with E-state index in [0.29, 0.717) is 42.5 Å². The van der Waals surface area contributed by atoms with Crippen LogP contribution in [0.5, 0.6) is 0 Å². The Morgan fingerprint density at radius 3 is 2.84 bits per heavy atom. The minimum atomic E-state index is -0.347. The predicted molar refractivity (Wildman–Crippen MR) is 120 cm³/mol. The van der Waals surface area contributed by atoms with Crippen molar-refractivity contribution < 1.29 is 9.59 Å². The molecule has 0 saturated carbocycles. The van der Waals surface area contributed by atoms with Gasteiger partial charge in [-0.2, -0.15) is 0 Å². The molecule has 166 valence electrons. The Hall–Kier alpha value is -3.62. The minimum absolute atomic E-state index is 0.149. The maximum absolute atomic E-state index is 12.9. The van der Waals surface area contributed by atoms with E-state index in [0.717, 1.165) is 24.0 Å². The van der Waals surface area contributed by atoms with Crippen LogP contribution >= 0.6 is 0 Å². The summed E-state index contributed by atoms with van der Waals surface area (Å²) < 4.78 is 1.92. The highest BCUT2D eigenvalue weighted by atomic mass is 16.2. The van der Waals surface area contributed by atoms with Crippen LogP contribution in [-0.4, -0.2) is 48.0 Å². The van der Waals surface area contributed by atoms with Gasteiger partial charge in [0.1, 0.15) is 23.5 Å². The van der Waals surface area contributed by atoms with Gasteiger partial charge in [-0.3, -0.25) is 14.6 Å². The molecule has 1 aliphatic heterocycles. The lowest BCUT2D eigenvalue weighted by Crippen LogP contribution is -2.36. The Morgan fingerprint density at radius 1 is 1.22 bits per heavy atom. The van der Waals surface area contributed by atoms with Crippen molar-refractivity contribution in [2.45, 2.75) is 52.6 Å². The quantitative estimate of drug-likeness (QED) is 0.640. The zero-order valence-corrected chi connectivity index (χ0v) is 18.6. The van der Waals surface area contributed by atoms with Gasteiger partial charge in [-0.1, -0.05) is 13.0 Å². The highest BCUT2D eigenvalue weighted by molar-refractivity contribution is 6.02. The standard InChI is InChI=1S/C23H27N7O2/c1-4-6-21(31)29-10-9-16-12-24-19(11-17(16)13-29)23(32)27-20-8-5-7-18(26-20)22-28-25-14-30(22)15(2)3/h5,7-8,11-12,14-15H,4,6,9-10,13H2,1-3H3,(H,26,27,32). The number of nitrogens with zero attached hydrogens (tertiary/aromatic N) is 6. The Morgan fingerprint density at radius 2 is 2.06 bits per heavy atom. The first-order valence-electron chi connectivity index (χ1n) is 10.9. The number of anilines is 1. The summed E-state index contributed by atoms with van der Waals surface area (Å²) in [7, 11) is 0.